The maximum absolute atomic E-state index is 12.0. The largest absolute Gasteiger partial charge is 0.574 e. The van der Waals surface area contributed by atoms with Crippen LogP contribution in [-0.2, 0) is 18.1 Å². The Labute approximate surface area is 98.1 Å². The van der Waals surface area contributed by atoms with Crippen LogP contribution in [0.4, 0.5) is 0 Å². The summed E-state index contributed by atoms with van der Waals surface area (Å²) in [7, 11) is -3.19. The van der Waals surface area contributed by atoms with Crippen LogP contribution in [0, 0.1) is 0 Å². The third kappa shape index (κ3) is 4.71. The number of rotatable bonds is 10. The number of aliphatic hydroxyl groups is 1. The van der Waals surface area contributed by atoms with Crippen LogP contribution in [-0.4, -0.2) is 45.7 Å². The van der Waals surface area contributed by atoms with Gasteiger partial charge in [-0.25, -0.2) is 0 Å². The van der Waals surface area contributed by atoms with E-state index in [2.05, 4.69) is 0 Å². The highest BCUT2D eigenvalue weighted by Gasteiger charge is 2.48. The lowest BCUT2D eigenvalue weighted by Gasteiger charge is -2.26. The van der Waals surface area contributed by atoms with Crippen LogP contribution in [0.1, 0.15) is 33.6 Å². The van der Waals surface area contributed by atoms with E-state index in [0.29, 0.717) is 26.2 Å². The van der Waals surface area contributed by atoms with Crippen molar-refractivity contribution < 1.29 is 23.2 Å². The third-order valence-corrected chi connectivity index (χ3v) is 4.85. The zero-order chi connectivity index (χ0) is 12.4. The van der Waals surface area contributed by atoms with Crippen LogP contribution < -0.4 is 0 Å². The first-order valence-corrected chi connectivity index (χ1v) is 7.45. The zero-order valence-electron chi connectivity index (χ0n) is 10.3. The van der Waals surface area contributed by atoms with Crippen LogP contribution in [0.5, 0.6) is 0 Å². The quantitative estimate of drug-likeness (QED) is 0.584. The molecule has 0 radical (unpaired) electrons. The van der Waals surface area contributed by atoms with Gasteiger partial charge in [-0.1, -0.05) is 0 Å². The van der Waals surface area contributed by atoms with Crippen LogP contribution in [0.25, 0.3) is 0 Å². The number of carbonyl (C=O) groups is 1. The van der Waals surface area contributed by atoms with Gasteiger partial charge in [0.25, 0.3) is 0 Å². The van der Waals surface area contributed by atoms with Gasteiger partial charge in [0, 0.05) is 32.8 Å². The normalized spacial score (nSPS) is 11.8. The highest BCUT2D eigenvalue weighted by molar-refractivity contribution is 6.92. The zero-order valence-corrected chi connectivity index (χ0v) is 11.3. The highest BCUT2D eigenvalue weighted by Crippen LogP contribution is 2.14. The second-order valence-corrected chi connectivity index (χ2v) is 5.64. The lowest BCUT2D eigenvalue weighted by Crippen LogP contribution is -2.54. The number of hydrogen-bond donors (Lipinski definition) is 1. The van der Waals surface area contributed by atoms with Gasteiger partial charge in [0.05, 0.1) is 0 Å². The second kappa shape index (κ2) is 8.83. The average Bonchev–Trinajstić information content (AvgIpc) is 2.26. The Morgan fingerprint density at radius 2 is 1.50 bits per heavy atom. The molecule has 6 heteroatoms. The number of carbonyl (C=O) groups excluding carboxylic acids is 1. The van der Waals surface area contributed by atoms with Crippen molar-refractivity contribution in [2.24, 2.45) is 0 Å². The van der Waals surface area contributed by atoms with Gasteiger partial charge in [0.1, 0.15) is 0 Å². The summed E-state index contributed by atoms with van der Waals surface area (Å²) in [6.07, 6.45) is 0.656. The summed E-state index contributed by atoms with van der Waals surface area (Å²) in [6.45, 7) is 6.56. The van der Waals surface area contributed by atoms with Gasteiger partial charge in [-0.05, 0) is 27.2 Å². The van der Waals surface area contributed by atoms with E-state index in [4.69, 9.17) is 18.4 Å². The van der Waals surface area contributed by atoms with E-state index in [1.54, 1.807) is 20.8 Å². The molecule has 0 fully saturated rings. The molecule has 0 atom stereocenters. The molecule has 0 aromatic carbocycles. The van der Waals surface area contributed by atoms with Crippen molar-refractivity contribution in [1.29, 1.82) is 0 Å². The first-order chi connectivity index (χ1) is 7.66. The van der Waals surface area contributed by atoms with Crippen molar-refractivity contribution >= 4 is 14.2 Å². The maximum atomic E-state index is 12.0. The Bertz CT molecular complexity index is 181. The minimum absolute atomic E-state index is 0.0133. The Hall–Kier alpha value is -0.273. The monoisotopic (exact) mass is 250 g/mol. The summed E-state index contributed by atoms with van der Waals surface area (Å²) >= 11 is 0. The average molecular weight is 250 g/mol. The van der Waals surface area contributed by atoms with Gasteiger partial charge in [-0.15, -0.1) is 0 Å². The summed E-state index contributed by atoms with van der Waals surface area (Å²) in [5.41, 5.74) is 0. The molecule has 1 N–H and O–H groups in total. The first kappa shape index (κ1) is 15.7. The molecule has 0 aliphatic carbocycles. The Morgan fingerprint density at radius 1 is 1.06 bits per heavy atom. The van der Waals surface area contributed by atoms with Crippen LogP contribution >= 0.6 is 0 Å². The molecule has 0 bridgehead atoms. The standard InChI is InChI=1S/C10H22O5Si/c1-4-13-16(14-5-2,15-6-3)10(12)8-7-9-11/h11H,4-9H2,1-3H3. The molecule has 96 valence electrons. The summed E-state index contributed by atoms with van der Waals surface area (Å²) in [5.74, 6) is 0. The van der Waals surface area contributed by atoms with Crippen molar-refractivity contribution in [1.82, 2.24) is 0 Å². The van der Waals surface area contributed by atoms with E-state index in [1.165, 1.54) is 0 Å². The fourth-order valence-electron chi connectivity index (χ4n) is 1.33. The Kier molecular flexibility index (Phi) is 8.68. The van der Waals surface area contributed by atoms with Gasteiger partial charge in [0.15, 0.2) is 0 Å². The van der Waals surface area contributed by atoms with Gasteiger partial charge < -0.3 is 18.4 Å². The molecule has 0 aliphatic rings. The van der Waals surface area contributed by atoms with Crippen LogP contribution in [0.2, 0.25) is 0 Å². The predicted octanol–water partition coefficient (Wildman–Crippen LogP) is 0.916. The third-order valence-electron chi connectivity index (χ3n) is 1.91. The van der Waals surface area contributed by atoms with Crippen molar-refractivity contribution in [2.75, 3.05) is 26.4 Å². The van der Waals surface area contributed by atoms with E-state index in [-0.39, 0.29) is 18.4 Å². The Morgan fingerprint density at radius 3 is 1.81 bits per heavy atom. The van der Waals surface area contributed by atoms with Crippen molar-refractivity contribution in [3.63, 3.8) is 0 Å². The van der Waals surface area contributed by atoms with Gasteiger partial charge in [-0.2, -0.15) is 0 Å². The summed E-state index contributed by atoms with van der Waals surface area (Å²) in [6, 6.07) is 0. The molecule has 16 heavy (non-hydrogen) atoms. The molecule has 0 spiro atoms. The Balaban J connectivity index is 4.62. The molecule has 0 saturated heterocycles. The molecule has 0 aromatic rings. The smallest absolute Gasteiger partial charge is 0.396 e. The summed E-state index contributed by atoms with van der Waals surface area (Å²) in [4.78, 5) is 12.0. The summed E-state index contributed by atoms with van der Waals surface area (Å²) in [5, 5.41) is 8.57. The van der Waals surface area contributed by atoms with E-state index >= 15 is 0 Å². The van der Waals surface area contributed by atoms with E-state index in [1.807, 2.05) is 0 Å². The molecular formula is C10H22O5Si. The van der Waals surface area contributed by atoms with Crippen molar-refractivity contribution in [2.45, 2.75) is 33.6 Å². The predicted molar refractivity (Wildman–Crippen MR) is 62.0 cm³/mol. The van der Waals surface area contributed by atoms with Gasteiger partial charge in [0.2, 0.25) is 5.41 Å². The van der Waals surface area contributed by atoms with Crippen LogP contribution in [0.15, 0.2) is 0 Å². The number of hydrogen-bond acceptors (Lipinski definition) is 5. The molecule has 0 rings (SSSR count). The lowest BCUT2D eigenvalue weighted by molar-refractivity contribution is -0.119. The summed E-state index contributed by atoms with van der Waals surface area (Å²) < 4.78 is 16.3. The van der Waals surface area contributed by atoms with Crippen LogP contribution in [0.3, 0.4) is 0 Å². The van der Waals surface area contributed by atoms with E-state index in [0.717, 1.165) is 0 Å². The molecule has 0 amide bonds. The number of aliphatic hydroxyl groups excluding tert-OH is 1. The second-order valence-electron chi connectivity index (χ2n) is 3.11. The fraction of sp³-hybridized carbons (Fsp3) is 0.900. The molecule has 0 heterocycles. The van der Waals surface area contributed by atoms with E-state index < -0.39 is 8.80 Å². The van der Waals surface area contributed by atoms with Crippen molar-refractivity contribution in [3.8, 4) is 0 Å². The lowest BCUT2D eigenvalue weighted by atomic mass is 10.3. The minimum atomic E-state index is -3.19. The molecule has 0 unspecified atom stereocenters. The molecule has 0 aromatic heterocycles. The molecule has 0 aliphatic heterocycles. The van der Waals surface area contributed by atoms with Gasteiger partial charge >= 0.3 is 8.80 Å². The van der Waals surface area contributed by atoms with Crippen molar-refractivity contribution in [3.05, 3.63) is 0 Å². The SMILES string of the molecule is CCO[Si](OCC)(OCC)C(=O)CCCO. The highest BCUT2D eigenvalue weighted by atomic mass is 28.4. The fourth-order valence-corrected chi connectivity index (χ4v) is 3.69. The minimum Gasteiger partial charge on any atom is -0.396 e. The first-order valence-electron chi connectivity index (χ1n) is 5.72. The maximum Gasteiger partial charge on any atom is 0.574 e. The topological polar surface area (TPSA) is 65.0 Å². The van der Waals surface area contributed by atoms with Gasteiger partial charge in [-0.3, -0.25) is 4.79 Å². The molecule has 5 nitrogen and oxygen atoms in total. The molecule has 0 saturated carbocycles. The molecular weight excluding hydrogens is 228 g/mol. The van der Waals surface area contributed by atoms with E-state index in [9.17, 15) is 4.79 Å².